The molecule has 0 aliphatic carbocycles. The predicted octanol–water partition coefficient (Wildman–Crippen LogP) is 3.17. The van der Waals surface area contributed by atoms with E-state index in [2.05, 4.69) is 17.6 Å². The number of hydrogen-bond donors (Lipinski definition) is 2. The van der Waals surface area contributed by atoms with Crippen LogP contribution >= 0.6 is 0 Å². The number of nitrogens with one attached hydrogen (secondary N) is 2. The molecule has 1 saturated heterocycles. The smallest absolute Gasteiger partial charge is 0.322 e. The Morgan fingerprint density at radius 1 is 0.970 bits per heavy atom. The summed E-state index contributed by atoms with van der Waals surface area (Å²) in [5, 5.41) is 5.54. The van der Waals surface area contributed by atoms with Gasteiger partial charge in [0.15, 0.2) is 0 Å². The van der Waals surface area contributed by atoms with E-state index in [1.807, 2.05) is 24.3 Å². The van der Waals surface area contributed by atoms with Crippen molar-refractivity contribution in [2.45, 2.75) is 51.6 Å². The lowest BCUT2D eigenvalue weighted by Gasteiger charge is -2.42. The lowest BCUT2D eigenvalue weighted by Crippen LogP contribution is -2.60. The van der Waals surface area contributed by atoms with Gasteiger partial charge in [0.25, 0.3) is 5.91 Å². The Hall–Kier alpha value is -3.68. The van der Waals surface area contributed by atoms with Gasteiger partial charge in [0.1, 0.15) is 17.6 Å². The topological polar surface area (TPSA) is 98.8 Å². The van der Waals surface area contributed by atoms with E-state index in [-0.39, 0.29) is 5.91 Å². The molecule has 1 unspecified atom stereocenters. The van der Waals surface area contributed by atoms with Gasteiger partial charge in [-0.15, -0.1) is 0 Å². The highest BCUT2D eigenvalue weighted by atomic mass is 16.2. The summed E-state index contributed by atoms with van der Waals surface area (Å²) in [5.41, 5.74) is 0.368. The van der Waals surface area contributed by atoms with Crippen LogP contribution < -0.4 is 15.5 Å². The number of imide groups is 1. The fourth-order valence-electron chi connectivity index (χ4n) is 4.43. The number of fused-ring (bicyclic) bond motifs is 1. The number of benzene rings is 2. The largest absolute Gasteiger partial charge is 0.325 e. The highest BCUT2D eigenvalue weighted by molar-refractivity contribution is 6.16. The van der Waals surface area contributed by atoms with Crippen LogP contribution in [0.5, 0.6) is 0 Å². The van der Waals surface area contributed by atoms with Gasteiger partial charge in [-0.25, -0.2) is 4.79 Å². The number of hydrogen-bond acceptors (Lipinski definition) is 4. The second kappa shape index (κ2) is 8.03. The van der Waals surface area contributed by atoms with E-state index in [4.69, 9.17) is 0 Å². The highest BCUT2D eigenvalue weighted by Gasteiger charge is 2.51. The Bertz CT molecular complexity index is 1140. The molecular weight excluding hydrogens is 420 g/mol. The standard InChI is InChI=1S/C25H28N4O4/c1-5-8-16-11-13-17(14-12-16)25(4)22(32)28(23(33)27-25)15-20(30)29-19-10-7-6-9-18(19)26-21(31)24(29,2)3/h6-7,9-14H,5,8,15H2,1-4H3,(H,26,31)(H,27,33). The third kappa shape index (κ3) is 3.65. The van der Waals surface area contributed by atoms with Crippen LogP contribution in [0.25, 0.3) is 0 Å². The van der Waals surface area contributed by atoms with Gasteiger partial charge >= 0.3 is 6.03 Å². The van der Waals surface area contributed by atoms with Crippen molar-refractivity contribution in [3.63, 3.8) is 0 Å². The second-order valence-electron chi connectivity index (χ2n) is 9.15. The van der Waals surface area contributed by atoms with E-state index in [1.54, 1.807) is 45.0 Å². The zero-order valence-corrected chi connectivity index (χ0v) is 19.3. The van der Waals surface area contributed by atoms with Gasteiger partial charge in [-0.2, -0.15) is 0 Å². The number of aryl methyl sites for hydroxylation is 1. The fourth-order valence-corrected chi connectivity index (χ4v) is 4.43. The molecule has 2 aliphatic rings. The van der Waals surface area contributed by atoms with Gasteiger partial charge in [0.05, 0.1) is 11.4 Å². The van der Waals surface area contributed by atoms with Gasteiger partial charge in [-0.3, -0.25) is 24.2 Å². The van der Waals surface area contributed by atoms with Crippen molar-refractivity contribution >= 4 is 35.1 Å². The number of carbonyl (C=O) groups excluding carboxylic acids is 4. The fraction of sp³-hybridized carbons (Fsp3) is 0.360. The molecule has 0 radical (unpaired) electrons. The molecule has 8 heteroatoms. The Kier molecular flexibility index (Phi) is 5.47. The molecule has 0 bridgehead atoms. The molecule has 172 valence electrons. The molecule has 0 aromatic heterocycles. The van der Waals surface area contributed by atoms with E-state index >= 15 is 0 Å². The lowest BCUT2D eigenvalue weighted by atomic mass is 9.91. The van der Waals surface area contributed by atoms with Crippen molar-refractivity contribution < 1.29 is 19.2 Å². The number of anilines is 2. The molecular formula is C25H28N4O4. The summed E-state index contributed by atoms with van der Waals surface area (Å²) >= 11 is 0. The molecule has 8 nitrogen and oxygen atoms in total. The van der Waals surface area contributed by atoms with Crippen molar-refractivity contribution in [3.05, 3.63) is 59.7 Å². The Morgan fingerprint density at radius 2 is 1.64 bits per heavy atom. The molecule has 2 heterocycles. The van der Waals surface area contributed by atoms with Crippen molar-refractivity contribution in [1.29, 1.82) is 0 Å². The minimum absolute atomic E-state index is 0.344. The first kappa shape index (κ1) is 22.5. The number of carbonyl (C=O) groups is 4. The maximum absolute atomic E-state index is 13.4. The zero-order chi connectivity index (χ0) is 24.0. The maximum atomic E-state index is 13.4. The Labute approximate surface area is 192 Å². The first-order chi connectivity index (χ1) is 15.6. The quantitative estimate of drug-likeness (QED) is 0.687. The van der Waals surface area contributed by atoms with Crippen molar-refractivity contribution in [2.24, 2.45) is 0 Å². The number of amides is 5. The molecule has 2 aromatic carbocycles. The van der Waals surface area contributed by atoms with Gasteiger partial charge in [0.2, 0.25) is 11.8 Å². The average Bonchev–Trinajstić information content (AvgIpc) is 2.99. The predicted molar refractivity (Wildman–Crippen MR) is 125 cm³/mol. The van der Waals surface area contributed by atoms with E-state index < -0.39 is 35.5 Å². The Morgan fingerprint density at radius 3 is 2.30 bits per heavy atom. The van der Waals surface area contributed by atoms with E-state index in [1.165, 1.54) is 4.90 Å². The summed E-state index contributed by atoms with van der Waals surface area (Å²) in [4.78, 5) is 54.5. The van der Waals surface area contributed by atoms with Gasteiger partial charge in [-0.1, -0.05) is 49.7 Å². The summed E-state index contributed by atoms with van der Waals surface area (Å²) in [6, 6.07) is 13.9. The van der Waals surface area contributed by atoms with Crippen LogP contribution in [0.2, 0.25) is 0 Å². The third-order valence-corrected chi connectivity index (χ3v) is 6.40. The summed E-state index contributed by atoms with van der Waals surface area (Å²) < 4.78 is 0. The molecule has 33 heavy (non-hydrogen) atoms. The molecule has 0 spiro atoms. The number of urea groups is 1. The summed E-state index contributed by atoms with van der Waals surface area (Å²) in [7, 11) is 0. The molecule has 5 amide bonds. The molecule has 2 aliphatic heterocycles. The van der Waals surface area contributed by atoms with Gasteiger partial charge < -0.3 is 10.6 Å². The second-order valence-corrected chi connectivity index (χ2v) is 9.15. The van der Waals surface area contributed by atoms with Crippen LogP contribution in [-0.2, 0) is 26.3 Å². The van der Waals surface area contributed by atoms with Crippen LogP contribution in [0.1, 0.15) is 45.2 Å². The molecule has 4 rings (SSSR count). The van der Waals surface area contributed by atoms with Crippen molar-refractivity contribution in [2.75, 3.05) is 16.8 Å². The van der Waals surface area contributed by atoms with Crippen LogP contribution in [0.15, 0.2) is 48.5 Å². The number of rotatable bonds is 5. The van der Waals surface area contributed by atoms with E-state index in [9.17, 15) is 19.2 Å². The van der Waals surface area contributed by atoms with E-state index in [0.29, 0.717) is 16.9 Å². The van der Waals surface area contributed by atoms with Crippen LogP contribution in [0.4, 0.5) is 16.2 Å². The van der Waals surface area contributed by atoms with Gasteiger partial charge in [-0.05, 0) is 50.5 Å². The average molecular weight is 449 g/mol. The molecule has 2 N–H and O–H groups in total. The van der Waals surface area contributed by atoms with Crippen LogP contribution in [0.3, 0.4) is 0 Å². The van der Waals surface area contributed by atoms with Crippen LogP contribution in [-0.4, -0.2) is 40.7 Å². The van der Waals surface area contributed by atoms with Crippen LogP contribution in [0, 0.1) is 0 Å². The maximum Gasteiger partial charge on any atom is 0.325 e. The first-order valence-corrected chi connectivity index (χ1v) is 11.1. The minimum atomic E-state index is -1.27. The number of para-hydroxylation sites is 2. The summed E-state index contributed by atoms with van der Waals surface area (Å²) in [6.07, 6.45) is 1.94. The molecule has 1 fully saturated rings. The van der Waals surface area contributed by atoms with Crippen molar-refractivity contribution in [3.8, 4) is 0 Å². The molecule has 0 saturated carbocycles. The van der Waals surface area contributed by atoms with Gasteiger partial charge in [0, 0.05) is 0 Å². The summed E-state index contributed by atoms with van der Waals surface area (Å²) in [5.74, 6) is -1.37. The Balaban J connectivity index is 1.60. The van der Waals surface area contributed by atoms with E-state index in [0.717, 1.165) is 23.3 Å². The molecule has 1 atom stereocenters. The zero-order valence-electron chi connectivity index (χ0n) is 19.3. The third-order valence-electron chi connectivity index (χ3n) is 6.40. The monoisotopic (exact) mass is 448 g/mol. The minimum Gasteiger partial charge on any atom is -0.322 e. The molecule has 2 aromatic rings. The number of nitrogens with zero attached hydrogens (tertiary/aromatic N) is 2. The normalized spacial score (nSPS) is 21.5. The summed E-state index contributed by atoms with van der Waals surface area (Å²) in [6.45, 7) is 6.52. The highest BCUT2D eigenvalue weighted by Crippen LogP contribution is 2.37. The lowest BCUT2D eigenvalue weighted by molar-refractivity contribution is -0.134. The first-order valence-electron chi connectivity index (χ1n) is 11.1. The van der Waals surface area contributed by atoms with Crippen molar-refractivity contribution in [1.82, 2.24) is 10.2 Å². The SMILES string of the molecule is CCCc1ccc(C2(C)NC(=O)N(CC(=O)N3c4ccccc4NC(=O)C3(C)C)C2=O)cc1.